The quantitative estimate of drug-likeness (QED) is 0.869. The fraction of sp³-hybridized carbons (Fsp3) is 0.182. The summed E-state index contributed by atoms with van der Waals surface area (Å²) in [5.74, 6) is -0.893. The largest absolute Gasteiger partial charge is 0.481 e. The molecule has 2 N–H and O–H groups in total. The summed E-state index contributed by atoms with van der Waals surface area (Å²) in [4.78, 5) is 22.1. The number of rotatable bonds is 3. The van der Waals surface area contributed by atoms with Gasteiger partial charge in [-0.25, -0.2) is 5.10 Å². The van der Waals surface area contributed by atoms with Crippen LogP contribution in [0.2, 0.25) is 5.02 Å². The van der Waals surface area contributed by atoms with Gasteiger partial charge >= 0.3 is 5.97 Å². The molecule has 0 aliphatic carbocycles. The highest BCUT2D eigenvalue weighted by atomic mass is 35.5. The van der Waals surface area contributed by atoms with Crippen molar-refractivity contribution in [3.05, 3.63) is 39.3 Å². The van der Waals surface area contributed by atoms with E-state index in [4.69, 9.17) is 16.7 Å². The minimum absolute atomic E-state index is 0.0117. The fourth-order valence-corrected chi connectivity index (χ4v) is 1.92. The summed E-state index contributed by atoms with van der Waals surface area (Å²) >= 11 is 5.89. The molecular weight excluding hydrogens is 244 g/mol. The number of carboxylic acids is 1. The first-order valence-corrected chi connectivity index (χ1v) is 5.33. The number of aromatic amines is 1. The molecule has 2 rings (SSSR count). The van der Waals surface area contributed by atoms with Crippen LogP contribution in [0.1, 0.15) is 12.0 Å². The molecule has 1 aromatic heterocycles. The zero-order chi connectivity index (χ0) is 12.4. The Balaban J connectivity index is 2.58. The SMILES string of the molecule is O=C(O)CCc1cc(Cl)cc2c(=O)[nH]ncc12. The summed E-state index contributed by atoms with van der Waals surface area (Å²) in [7, 11) is 0. The summed E-state index contributed by atoms with van der Waals surface area (Å²) < 4.78 is 0. The first-order valence-electron chi connectivity index (χ1n) is 4.95. The number of aryl methyl sites for hydroxylation is 1. The molecule has 0 radical (unpaired) electrons. The van der Waals surface area contributed by atoms with Crippen LogP contribution in [0.15, 0.2) is 23.1 Å². The average molecular weight is 253 g/mol. The third-order valence-electron chi connectivity index (χ3n) is 2.44. The van der Waals surface area contributed by atoms with Crippen molar-refractivity contribution in [2.45, 2.75) is 12.8 Å². The highest BCUT2D eigenvalue weighted by molar-refractivity contribution is 6.31. The van der Waals surface area contributed by atoms with Gasteiger partial charge in [-0.15, -0.1) is 0 Å². The number of aliphatic carboxylic acids is 1. The number of hydrogen-bond donors (Lipinski definition) is 2. The third-order valence-corrected chi connectivity index (χ3v) is 2.66. The molecule has 0 amide bonds. The lowest BCUT2D eigenvalue weighted by atomic mass is 10.0. The molecule has 0 aliphatic heterocycles. The zero-order valence-corrected chi connectivity index (χ0v) is 9.49. The standard InChI is InChI=1S/C11H9ClN2O3/c12-7-3-6(1-2-10(15)16)9-5-13-14-11(17)8(9)4-7/h3-5H,1-2H2,(H,14,17)(H,15,16). The van der Waals surface area contributed by atoms with E-state index in [2.05, 4.69) is 10.2 Å². The maximum absolute atomic E-state index is 11.5. The molecule has 0 fully saturated rings. The van der Waals surface area contributed by atoms with E-state index in [1.54, 1.807) is 12.1 Å². The van der Waals surface area contributed by atoms with E-state index in [1.807, 2.05) is 0 Å². The number of benzene rings is 1. The number of carbonyl (C=O) groups is 1. The van der Waals surface area contributed by atoms with E-state index in [-0.39, 0.29) is 12.0 Å². The first-order chi connectivity index (χ1) is 8.08. The van der Waals surface area contributed by atoms with Gasteiger partial charge in [-0.2, -0.15) is 5.10 Å². The van der Waals surface area contributed by atoms with Gasteiger partial charge in [-0.3, -0.25) is 9.59 Å². The van der Waals surface area contributed by atoms with E-state index < -0.39 is 5.97 Å². The smallest absolute Gasteiger partial charge is 0.303 e. The summed E-state index contributed by atoms with van der Waals surface area (Å²) in [6.45, 7) is 0. The van der Waals surface area contributed by atoms with E-state index in [9.17, 15) is 9.59 Å². The van der Waals surface area contributed by atoms with Crippen LogP contribution < -0.4 is 5.56 Å². The molecule has 0 bridgehead atoms. The van der Waals surface area contributed by atoms with E-state index in [1.165, 1.54) is 6.20 Å². The molecule has 0 saturated carbocycles. The monoisotopic (exact) mass is 252 g/mol. The van der Waals surface area contributed by atoms with Crippen LogP contribution in [0.25, 0.3) is 10.8 Å². The Bertz CT molecular complexity index is 636. The molecule has 1 heterocycles. The lowest BCUT2D eigenvalue weighted by Gasteiger charge is -2.05. The number of fused-ring (bicyclic) bond motifs is 1. The minimum Gasteiger partial charge on any atom is -0.481 e. The second-order valence-corrected chi connectivity index (χ2v) is 4.06. The lowest BCUT2D eigenvalue weighted by Crippen LogP contribution is -2.09. The predicted octanol–water partition coefficient (Wildman–Crippen LogP) is 1.59. The molecule has 6 heteroatoms. The van der Waals surface area contributed by atoms with Gasteiger partial charge in [-0.05, 0) is 24.1 Å². The summed E-state index contributed by atoms with van der Waals surface area (Å²) in [5.41, 5.74) is 0.384. The predicted molar refractivity (Wildman–Crippen MR) is 63.3 cm³/mol. The number of nitrogens with zero attached hydrogens (tertiary/aromatic N) is 1. The number of hydrogen-bond acceptors (Lipinski definition) is 3. The lowest BCUT2D eigenvalue weighted by molar-refractivity contribution is -0.136. The van der Waals surface area contributed by atoms with Crippen molar-refractivity contribution in [3.63, 3.8) is 0 Å². The van der Waals surface area contributed by atoms with Crippen molar-refractivity contribution in [2.75, 3.05) is 0 Å². The Kier molecular flexibility index (Phi) is 3.10. The van der Waals surface area contributed by atoms with Gasteiger partial charge in [0.25, 0.3) is 5.56 Å². The number of aromatic nitrogens is 2. The van der Waals surface area contributed by atoms with Crippen LogP contribution in [-0.2, 0) is 11.2 Å². The fourth-order valence-electron chi connectivity index (χ4n) is 1.68. The summed E-state index contributed by atoms with van der Waals surface area (Å²) in [5, 5.41) is 16.1. The summed E-state index contributed by atoms with van der Waals surface area (Å²) in [6.07, 6.45) is 1.81. The van der Waals surface area contributed by atoms with E-state index >= 15 is 0 Å². The Morgan fingerprint density at radius 2 is 2.18 bits per heavy atom. The number of halogens is 1. The van der Waals surface area contributed by atoms with Gasteiger partial charge in [0.15, 0.2) is 0 Å². The molecule has 5 nitrogen and oxygen atoms in total. The van der Waals surface area contributed by atoms with Crippen LogP contribution >= 0.6 is 11.6 Å². The van der Waals surface area contributed by atoms with Gasteiger partial charge in [-0.1, -0.05) is 11.6 Å². The Morgan fingerprint density at radius 3 is 2.88 bits per heavy atom. The van der Waals surface area contributed by atoms with Gasteiger partial charge in [0.05, 0.1) is 11.6 Å². The number of H-pyrrole nitrogens is 1. The van der Waals surface area contributed by atoms with Gasteiger partial charge in [0.2, 0.25) is 0 Å². The zero-order valence-electron chi connectivity index (χ0n) is 8.74. The van der Waals surface area contributed by atoms with Gasteiger partial charge < -0.3 is 5.11 Å². The molecule has 1 aromatic carbocycles. The van der Waals surface area contributed by atoms with E-state index in [0.717, 1.165) is 0 Å². The van der Waals surface area contributed by atoms with Crippen molar-refractivity contribution < 1.29 is 9.90 Å². The normalized spacial score (nSPS) is 10.6. The Morgan fingerprint density at radius 1 is 1.41 bits per heavy atom. The average Bonchev–Trinajstić information content (AvgIpc) is 2.27. The molecule has 88 valence electrons. The third kappa shape index (κ3) is 2.45. The number of nitrogens with one attached hydrogen (secondary N) is 1. The summed E-state index contributed by atoms with van der Waals surface area (Å²) in [6, 6.07) is 3.20. The highest BCUT2D eigenvalue weighted by Gasteiger charge is 2.08. The van der Waals surface area contributed by atoms with Crippen LogP contribution in [-0.4, -0.2) is 21.3 Å². The molecule has 0 spiro atoms. The number of carboxylic acid groups (broad SMARTS) is 1. The van der Waals surface area contributed by atoms with Crippen molar-refractivity contribution >= 4 is 28.3 Å². The van der Waals surface area contributed by atoms with Crippen molar-refractivity contribution in [3.8, 4) is 0 Å². The van der Waals surface area contributed by atoms with Crippen molar-refractivity contribution in [2.24, 2.45) is 0 Å². The molecule has 0 aliphatic rings. The second-order valence-electron chi connectivity index (χ2n) is 3.62. The van der Waals surface area contributed by atoms with Crippen molar-refractivity contribution in [1.82, 2.24) is 10.2 Å². The molecular formula is C11H9ClN2O3. The maximum atomic E-state index is 11.5. The van der Waals surface area contributed by atoms with Crippen LogP contribution in [0.3, 0.4) is 0 Å². The Labute approximate surface area is 101 Å². The Hall–Kier alpha value is -1.88. The first kappa shape index (κ1) is 11.6. The topological polar surface area (TPSA) is 83.0 Å². The van der Waals surface area contributed by atoms with Crippen LogP contribution in [0.4, 0.5) is 0 Å². The van der Waals surface area contributed by atoms with E-state index in [0.29, 0.717) is 27.8 Å². The highest BCUT2D eigenvalue weighted by Crippen LogP contribution is 2.22. The molecule has 0 atom stereocenters. The molecule has 0 saturated heterocycles. The van der Waals surface area contributed by atoms with Crippen LogP contribution in [0, 0.1) is 0 Å². The van der Waals surface area contributed by atoms with Crippen molar-refractivity contribution in [1.29, 1.82) is 0 Å². The molecule has 0 unspecified atom stereocenters. The minimum atomic E-state index is -0.893. The molecule has 17 heavy (non-hydrogen) atoms. The maximum Gasteiger partial charge on any atom is 0.303 e. The second kappa shape index (κ2) is 4.55. The van der Waals surface area contributed by atoms with Gasteiger partial charge in [0.1, 0.15) is 0 Å². The van der Waals surface area contributed by atoms with Crippen LogP contribution in [0.5, 0.6) is 0 Å². The molecule has 2 aromatic rings. The van der Waals surface area contributed by atoms with Gasteiger partial charge in [0, 0.05) is 16.8 Å².